The molecule has 1 aromatic rings. The minimum atomic E-state index is -0.0751. The van der Waals surface area contributed by atoms with Crippen LogP contribution in [0.1, 0.15) is 71.2 Å². The molecular formula is C17H30BrN3. The lowest BCUT2D eigenvalue weighted by molar-refractivity contribution is 0.295. The Morgan fingerprint density at radius 2 is 1.90 bits per heavy atom. The first-order chi connectivity index (χ1) is 9.80. The molecule has 120 valence electrons. The van der Waals surface area contributed by atoms with Crippen molar-refractivity contribution in [2.75, 3.05) is 0 Å². The molecule has 0 aliphatic heterocycles. The average Bonchev–Trinajstić information content (AvgIpc) is 2.64. The Morgan fingerprint density at radius 1 is 1.19 bits per heavy atom. The van der Waals surface area contributed by atoms with Crippen molar-refractivity contribution >= 4 is 15.9 Å². The van der Waals surface area contributed by atoms with Gasteiger partial charge in [0.2, 0.25) is 0 Å². The van der Waals surface area contributed by atoms with Crippen LogP contribution in [0.2, 0.25) is 0 Å². The highest BCUT2D eigenvalue weighted by atomic mass is 79.9. The van der Waals surface area contributed by atoms with Gasteiger partial charge in [-0.1, -0.05) is 27.2 Å². The molecule has 0 spiro atoms. The van der Waals surface area contributed by atoms with Crippen LogP contribution in [0.25, 0.3) is 0 Å². The van der Waals surface area contributed by atoms with E-state index in [-0.39, 0.29) is 5.54 Å². The number of aryl methyl sites for hydroxylation is 2. The number of rotatable bonds is 4. The Kier molecular flexibility index (Phi) is 5.19. The highest BCUT2D eigenvalue weighted by Crippen LogP contribution is 2.39. The second kappa shape index (κ2) is 6.41. The first-order valence-electron chi connectivity index (χ1n) is 8.33. The van der Waals surface area contributed by atoms with Crippen molar-refractivity contribution in [1.82, 2.24) is 9.78 Å². The minimum Gasteiger partial charge on any atom is -0.325 e. The molecule has 1 unspecified atom stereocenters. The van der Waals surface area contributed by atoms with Gasteiger partial charge in [-0.2, -0.15) is 5.10 Å². The topological polar surface area (TPSA) is 43.8 Å². The summed E-state index contributed by atoms with van der Waals surface area (Å²) in [6.45, 7) is 9.97. The van der Waals surface area contributed by atoms with Gasteiger partial charge in [0.1, 0.15) is 0 Å². The number of nitrogens with zero attached hydrogens (tertiary/aromatic N) is 2. The van der Waals surface area contributed by atoms with E-state index in [0.717, 1.165) is 37.9 Å². The normalized spacial score (nSPS) is 25.8. The van der Waals surface area contributed by atoms with Crippen molar-refractivity contribution < 1.29 is 0 Å². The number of hydrogen-bond donors (Lipinski definition) is 1. The van der Waals surface area contributed by atoms with Crippen molar-refractivity contribution in [1.29, 1.82) is 0 Å². The predicted molar refractivity (Wildman–Crippen MR) is 92.5 cm³/mol. The number of halogens is 1. The molecule has 0 radical (unpaired) electrons. The smallest absolute Gasteiger partial charge is 0.0766 e. The van der Waals surface area contributed by atoms with Gasteiger partial charge in [0, 0.05) is 18.5 Å². The van der Waals surface area contributed by atoms with Gasteiger partial charge >= 0.3 is 0 Å². The lowest BCUT2D eigenvalue weighted by Crippen LogP contribution is -2.42. The summed E-state index contributed by atoms with van der Waals surface area (Å²) in [5, 5.41) is 4.71. The molecule has 1 aliphatic carbocycles. The zero-order valence-corrected chi connectivity index (χ0v) is 15.6. The third-order valence-corrected chi connectivity index (χ3v) is 5.96. The lowest BCUT2D eigenvalue weighted by Gasteiger charge is -2.29. The van der Waals surface area contributed by atoms with Crippen LogP contribution in [-0.4, -0.2) is 15.3 Å². The van der Waals surface area contributed by atoms with Gasteiger partial charge in [0.15, 0.2) is 0 Å². The number of nitrogens with two attached hydrogens (primary N) is 1. The molecule has 2 rings (SSSR count). The molecule has 1 heterocycles. The molecule has 1 aromatic heterocycles. The van der Waals surface area contributed by atoms with Crippen LogP contribution in [0.4, 0.5) is 0 Å². The van der Waals surface area contributed by atoms with Crippen LogP contribution in [0.3, 0.4) is 0 Å². The summed E-state index contributed by atoms with van der Waals surface area (Å²) in [7, 11) is 0. The summed E-state index contributed by atoms with van der Waals surface area (Å²) >= 11 is 3.76. The first-order valence-corrected chi connectivity index (χ1v) is 9.12. The molecule has 4 heteroatoms. The van der Waals surface area contributed by atoms with Crippen molar-refractivity contribution in [3.8, 4) is 0 Å². The predicted octanol–water partition coefficient (Wildman–Crippen LogP) is 4.46. The van der Waals surface area contributed by atoms with Crippen molar-refractivity contribution in [2.45, 2.75) is 84.7 Å². The molecule has 0 bridgehead atoms. The van der Waals surface area contributed by atoms with Crippen LogP contribution in [-0.2, 0) is 19.4 Å². The van der Waals surface area contributed by atoms with Gasteiger partial charge in [0.25, 0.3) is 0 Å². The molecular weight excluding hydrogens is 326 g/mol. The van der Waals surface area contributed by atoms with Gasteiger partial charge in [-0.15, -0.1) is 0 Å². The van der Waals surface area contributed by atoms with E-state index in [4.69, 9.17) is 10.8 Å². The van der Waals surface area contributed by atoms with Crippen LogP contribution in [0.15, 0.2) is 4.47 Å². The van der Waals surface area contributed by atoms with E-state index >= 15 is 0 Å². The molecule has 3 nitrogen and oxygen atoms in total. The van der Waals surface area contributed by atoms with E-state index in [1.807, 2.05) is 0 Å². The summed E-state index contributed by atoms with van der Waals surface area (Å²) in [6, 6.07) is 0. The summed E-state index contributed by atoms with van der Waals surface area (Å²) in [5.74, 6) is 0. The molecule has 21 heavy (non-hydrogen) atoms. The van der Waals surface area contributed by atoms with Crippen molar-refractivity contribution in [3.63, 3.8) is 0 Å². The van der Waals surface area contributed by atoms with E-state index in [2.05, 4.69) is 48.3 Å². The van der Waals surface area contributed by atoms with Crippen LogP contribution in [0.5, 0.6) is 0 Å². The van der Waals surface area contributed by atoms with E-state index < -0.39 is 0 Å². The molecule has 1 fully saturated rings. The molecule has 0 saturated heterocycles. The zero-order valence-electron chi connectivity index (χ0n) is 14.0. The van der Waals surface area contributed by atoms with E-state index in [1.54, 1.807) is 0 Å². The largest absolute Gasteiger partial charge is 0.325 e. The fraction of sp³-hybridized carbons (Fsp3) is 0.824. The highest BCUT2D eigenvalue weighted by molar-refractivity contribution is 9.10. The quantitative estimate of drug-likeness (QED) is 0.810. The van der Waals surface area contributed by atoms with Crippen LogP contribution < -0.4 is 5.73 Å². The summed E-state index contributed by atoms with van der Waals surface area (Å²) in [4.78, 5) is 0. The molecule has 0 aromatic carbocycles. The summed E-state index contributed by atoms with van der Waals surface area (Å²) < 4.78 is 3.31. The van der Waals surface area contributed by atoms with Crippen molar-refractivity contribution in [3.05, 3.63) is 15.9 Å². The minimum absolute atomic E-state index is 0.0751. The second-order valence-corrected chi connectivity index (χ2v) is 8.23. The second-order valence-electron chi connectivity index (χ2n) is 7.43. The monoisotopic (exact) mass is 355 g/mol. The van der Waals surface area contributed by atoms with Crippen molar-refractivity contribution in [2.24, 2.45) is 11.1 Å². The molecule has 2 N–H and O–H groups in total. The van der Waals surface area contributed by atoms with E-state index in [1.165, 1.54) is 29.4 Å². The Labute approximate surface area is 137 Å². The van der Waals surface area contributed by atoms with Gasteiger partial charge < -0.3 is 5.73 Å². The Balaban J connectivity index is 2.22. The maximum Gasteiger partial charge on any atom is 0.0766 e. The average molecular weight is 356 g/mol. The van der Waals surface area contributed by atoms with Crippen LogP contribution in [0, 0.1) is 5.41 Å². The standard InChI is InChI=1S/C17H30BrN3/c1-5-13-15(18)14(21(6-2)20-13)12-17(19)9-7-8-16(3,4)10-11-17/h5-12,19H2,1-4H3. The number of aromatic nitrogens is 2. The third-order valence-electron chi connectivity index (χ3n) is 5.04. The van der Waals surface area contributed by atoms with Crippen LogP contribution >= 0.6 is 15.9 Å². The van der Waals surface area contributed by atoms with Gasteiger partial charge in [0.05, 0.1) is 15.9 Å². The Bertz CT molecular complexity index is 492. The fourth-order valence-corrected chi connectivity index (χ4v) is 4.16. The first kappa shape index (κ1) is 17.0. The van der Waals surface area contributed by atoms with Gasteiger partial charge in [-0.05, 0) is 60.4 Å². The van der Waals surface area contributed by atoms with Gasteiger partial charge in [-0.3, -0.25) is 4.68 Å². The van der Waals surface area contributed by atoms with E-state index in [9.17, 15) is 0 Å². The molecule has 0 amide bonds. The zero-order chi connectivity index (χ0) is 15.7. The maximum absolute atomic E-state index is 6.79. The highest BCUT2D eigenvalue weighted by Gasteiger charge is 2.34. The number of hydrogen-bond acceptors (Lipinski definition) is 2. The summed E-state index contributed by atoms with van der Waals surface area (Å²) in [5.41, 5.74) is 9.61. The Morgan fingerprint density at radius 3 is 2.52 bits per heavy atom. The third kappa shape index (κ3) is 3.89. The molecule has 1 saturated carbocycles. The molecule has 1 atom stereocenters. The molecule has 1 aliphatic rings. The SMILES string of the molecule is CCc1nn(CC)c(CC2(N)CCCC(C)(C)CC2)c1Br. The lowest BCUT2D eigenvalue weighted by atomic mass is 9.82. The maximum atomic E-state index is 6.79. The fourth-order valence-electron chi connectivity index (χ4n) is 3.45. The Hall–Kier alpha value is -0.350. The van der Waals surface area contributed by atoms with E-state index in [0.29, 0.717) is 5.41 Å². The summed E-state index contributed by atoms with van der Waals surface area (Å²) in [6.07, 6.45) is 7.89. The van der Waals surface area contributed by atoms with Gasteiger partial charge in [-0.25, -0.2) is 0 Å².